The van der Waals surface area contributed by atoms with Crippen molar-refractivity contribution in [1.29, 1.82) is 0 Å². The molecule has 0 aliphatic heterocycles. The Morgan fingerprint density at radius 1 is 0.688 bits per heavy atom. The van der Waals surface area contributed by atoms with Crippen LogP contribution in [-0.4, -0.2) is 28.1 Å². The molecule has 2 atom stereocenters. The van der Waals surface area contributed by atoms with E-state index in [1.54, 1.807) is 0 Å². The normalized spacial score (nSPS) is 12.5. The van der Waals surface area contributed by atoms with E-state index in [1.165, 1.54) is 24.3 Å². The summed E-state index contributed by atoms with van der Waals surface area (Å²) in [5.41, 5.74) is 2.44. The van der Waals surface area contributed by atoms with Gasteiger partial charge in [-0.2, -0.15) is 0 Å². The van der Waals surface area contributed by atoms with E-state index >= 15 is 0 Å². The molecular formula is C26H25NO5. The standard InChI is InChI=1S/C26H25NO5/c28-24(27-23-13-11-20(12-14-23)25(29)30)21(15-18-7-3-1-4-8-18)17-22(26(31)32)16-19-9-5-2-6-10-19/h1-14,21-22H,15-17H2,(H,27,28)(H,29,30)(H,31,32)/t21?,22-/m0/s1. The average molecular weight is 431 g/mol. The fraction of sp³-hybridized carbons (Fsp3) is 0.192. The zero-order valence-corrected chi connectivity index (χ0v) is 17.5. The molecule has 0 saturated carbocycles. The third-order valence-electron chi connectivity index (χ3n) is 5.34. The first-order valence-corrected chi connectivity index (χ1v) is 10.4. The van der Waals surface area contributed by atoms with Crippen molar-refractivity contribution in [1.82, 2.24) is 0 Å². The van der Waals surface area contributed by atoms with Gasteiger partial charge in [0.05, 0.1) is 11.5 Å². The highest BCUT2D eigenvalue weighted by Crippen LogP contribution is 2.23. The van der Waals surface area contributed by atoms with E-state index in [2.05, 4.69) is 5.32 Å². The van der Waals surface area contributed by atoms with E-state index in [0.717, 1.165) is 11.1 Å². The monoisotopic (exact) mass is 431 g/mol. The maximum Gasteiger partial charge on any atom is 0.335 e. The van der Waals surface area contributed by atoms with Gasteiger partial charge in [-0.25, -0.2) is 4.79 Å². The van der Waals surface area contributed by atoms with Crippen molar-refractivity contribution >= 4 is 23.5 Å². The van der Waals surface area contributed by atoms with Gasteiger partial charge in [0.25, 0.3) is 0 Å². The lowest BCUT2D eigenvalue weighted by Gasteiger charge is -2.21. The maximum absolute atomic E-state index is 13.1. The summed E-state index contributed by atoms with van der Waals surface area (Å²) in [6.07, 6.45) is 0.915. The summed E-state index contributed by atoms with van der Waals surface area (Å²) in [6, 6.07) is 24.7. The summed E-state index contributed by atoms with van der Waals surface area (Å²) in [7, 11) is 0. The first-order valence-electron chi connectivity index (χ1n) is 10.4. The van der Waals surface area contributed by atoms with Crippen molar-refractivity contribution in [3.63, 3.8) is 0 Å². The number of hydrogen-bond donors (Lipinski definition) is 3. The van der Waals surface area contributed by atoms with Crippen LogP contribution < -0.4 is 5.32 Å². The highest BCUT2D eigenvalue weighted by Gasteiger charge is 2.28. The van der Waals surface area contributed by atoms with Crippen molar-refractivity contribution < 1.29 is 24.6 Å². The van der Waals surface area contributed by atoms with E-state index in [0.29, 0.717) is 18.5 Å². The van der Waals surface area contributed by atoms with Crippen LogP contribution in [0.1, 0.15) is 27.9 Å². The SMILES string of the molecule is O=C(O)c1ccc(NC(=O)C(Cc2ccccc2)C[C@H](Cc2ccccc2)C(=O)O)cc1. The number of anilines is 1. The molecule has 32 heavy (non-hydrogen) atoms. The molecule has 0 aliphatic rings. The van der Waals surface area contributed by atoms with Gasteiger partial charge in [0.15, 0.2) is 0 Å². The fourth-order valence-electron chi connectivity index (χ4n) is 3.64. The van der Waals surface area contributed by atoms with Crippen molar-refractivity contribution in [3.8, 4) is 0 Å². The molecule has 0 bridgehead atoms. The Morgan fingerprint density at radius 2 is 1.19 bits per heavy atom. The van der Waals surface area contributed by atoms with E-state index in [9.17, 15) is 19.5 Å². The van der Waals surface area contributed by atoms with Gasteiger partial charge in [-0.05, 0) is 54.7 Å². The molecule has 0 aliphatic carbocycles. The van der Waals surface area contributed by atoms with Crippen LogP contribution in [0.2, 0.25) is 0 Å². The predicted molar refractivity (Wildman–Crippen MR) is 122 cm³/mol. The molecule has 0 spiro atoms. The number of carboxylic acid groups (broad SMARTS) is 2. The molecule has 6 heteroatoms. The number of nitrogens with one attached hydrogen (secondary N) is 1. The van der Waals surface area contributed by atoms with Gasteiger partial charge < -0.3 is 15.5 Å². The van der Waals surface area contributed by atoms with Gasteiger partial charge >= 0.3 is 11.9 Å². The second-order valence-electron chi connectivity index (χ2n) is 7.72. The largest absolute Gasteiger partial charge is 0.481 e. The van der Waals surface area contributed by atoms with Gasteiger partial charge in [0.2, 0.25) is 5.91 Å². The predicted octanol–water partition coefficient (Wildman–Crippen LogP) is 4.52. The highest BCUT2D eigenvalue weighted by molar-refractivity contribution is 5.94. The van der Waals surface area contributed by atoms with Gasteiger partial charge in [0.1, 0.15) is 0 Å². The van der Waals surface area contributed by atoms with Crippen molar-refractivity contribution in [2.45, 2.75) is 19.3 Å². The summed E-state index contributed by atoms with van der Waals surface area (Å²) in [5, 5.41) is 21.7. The van der Waals surface area contributed by atoms with Crippen LogP contribution in [0, 0.1) is 11.8 Å². The van der Waals surface area contributed by atoms with Crippen LogP contribution in [0.4, 0.5) is 5.69 Å². The number of amides is 1. The number of carbonyl (C=O) groups excluding carboxylic acids is 1. The molecule has 0 aromatic heterocycles. The van der Waals surface area contributed by atoms with Gasteiger partial charge in [-0.15, -0.1) is 0 Å². The van der Waals surface area contributed by atoms with Crippen molar-refractivity contribution in [3.05, 3.63) is 102 Å². The van der Waals surface area contributed by atoms with Crippen molar-refractivity contribution in [2.24, 2.45) is 11.8 Å². The Labute approximate surface area is 186 Å². The zero-order chi connectivity index (χ0) is 22.9. The maximum atomic E-state index is 13.1. The molecule has 3 aromatic rings. The number of carboxylic acids is 2. The Bertz CT molecular complexity index is 1050. The lowest BCUT2D eigenvalue weighted by atomic mass is 9.85. The molecule has 0 heterocycles. The first-order chi connectivity index (χ1) is 15.4. The first kappa shape index (κ1) is 22.7. The minimum absolute atomic E-state index is 0.123. The smallest absolute Gasteiger partial charge is 0.335 e. The Hall–Kier alpha value is -3.93. The van der Waals surface area contributed by atoms with Crippen LogP contribution in [0.3, 0.4) is 0 Å². The third kappa shape index (κ3) is 6.54. The van der Waals surface area contributed by atoms with Crippen molar-refractivity contribution in [2.75, 3.05) is 5.32 Å². The topological polar surface area (TPSA) is 104 Å². The summed E-state index contributed by atoms with van der Waals surface area (Å²) in [5.74, 6) is -3.57. The minimum atomic E-state index is -1.05. The number of carbonyl (C=O) groups is 3. The Balaban J connectivity index is 1.79. The van der Waals surface area contributed by atoms with Crippen LogP contribution in [0.5, 0.6) is 0 Å². The van der Waals surface area contributed by atoms with Gasteiger partial charge in [0, 0.05) is 11.6 Å². The summed E-state index contributed by atoms with van der Waals surface area (Å²) < 4.78 is 0. The second-order valence-corrected chi connectivity index (χ2v) is 7.72. The minimum Gasteiger partial charge on any atom is -0.481 e. The van der Waals surface area contributed by atoms with Gasteiger partial charge in [-0.1, -0.05) is 60.7 Å². The molecule has 3 N–H and O–H groups in total. The Morgan fingerprint density at radius 3 is 1.66 bits per heavy atom. The van der Waals surface area contributed by atoms with Gasteiger partial charge in [-0.3, -0.25) is 9.59 Å². The fourth-order valence-corrected chi connectivity index (χ4v) is 3.64. The Kier molecular flexibility index (Phi) is 7.75. The number of aromatic carboxylic acids is 1. The molecule has 3 rings (SSSR count). The van der Waals surface area contributed by atoms with Crippen LogP contribution in [-0.2, 0) is 22.4 Å². The lowest BCUT2D eigenvalue weighted by Crippen LogP contribution is -2.30. The third-order valence-corrected chi connectivity index (χ3v) is 5.34. The molecule has 164 valence electrons. The highest BCUT2D eigenvalue weighted by atomic mass is 16.4. The molecule has 0 fully saturated rings. The summed E-state index contributed by atoms with van der Waals surface area (Å²) in [6.45, 7) is 0. The summed E-state index contributed by atoms with van der Waals surface area (Å²) >= 11 is 0. The van der Waals surface area contributed by atoms with Crippen LogP contribution in [0.15, 0.2) is 84.9 Å². The zero-order valence-electron chi connectivity index (χ0n) is 17.5. The van der Waals surface area contributed by atoms with Crippen LogP contribution in [0.25, 0.3) is 0 Å². The average Bonchev–Trinajstić information content (AvgIpc) is 2.79. The quantitative estimate of drug-likeness (QED) is 0.438. The molecule has 6 nitrogen and oxygen atoms in total. The number of benzene rings is 3. The molecule has 1 amide bonds. The van der Waals surface area contributed by atoms with Crippen LogP contribution >= 0.6 is 0 Å². The van der Waals surface area contributed by atoms with E-state index in [-0.39, 0.29) is 17.9 Å². The number of rotatable bonds is 10. The number of aliphatic carboxylic acids is 1. The molecule has 0 radical (unpaired) electrons. The molecule has 0 saturated heterocycles. The number of hydrogen-bond acceptors (Lipinski definition) is 3. The second kappa shape index (κ2) is 10.9. The molecule has 1 unspecified atom stereocenters. The van der Waals surface area contributed by atoms with E-state index in [1.807, 2.05) is 60.7 Å². The van der Waals surface area contributed by atoms with E-state index < -0.39 is 23.8 Å². The summed E-state index contributed by atoms with van der Waals surface area (Å²) in [4.78, 5) is 36.2. The van der Waals surface area contributed by atoms with E-state index in [4.69, 9.17) is 5.11 Å². The molecule has 3 aromatic carbocycles. The lowest BCUT2D eigenvalue weighted by molar-refractivity contribution is -0.142. The molecular weight excluding hydrogens is 406 g/mol.